The maximum Gasteiger partial charge on any atom is 0.0223 e. The smallest absolute Gasteiger partial charge is 0.0223 e. The predicted molar refractivity (Wildman–Crippen MR) is 76.4 cm³/mol. The fraction of sp³-hybridized carbons (Fsp3) is 1.00. The Labute approximate surface area is 108 Å². The monoisotopic (exact) mass is 240 g/mol. The van der Waals surface area contributed by atoms with E-state index in [2.05, 4.69) is 37.9 Å². The normalized spacial score (nSPS) is 19.4. The Bertz CT molecular complexity index is 185. The molecule has 1 N–H and O–H groups in total. The third-order valence-electron chi connectivity index (χ3n) is 4.19. The summed E-state index contributed by atoms with van der Waals surface area (Å²) in [7, 11) is 0. The molecule has 1 aliphatic rings. The highest BCUT2D eigenvalue weighted by molar-refractivity contribution is 4.83. The first-order chi connectivity index (χ1) is 8.19. The lowest BCUT2D eigenvalue weighted by Crippen LogP contribution is -2.47. The van der Waals surface area contributed by atoms with Gasteiger partial charge in [0.25, 0.3) is 0 Å². The van der Waals surface area contributed by atoms with Crippen LogP contribution in [0.1, 0.15) is 59.8 Å². The van der Waals surface area contributed by atoms with Crippen molar-refractivity contribution < 1.29 is 0 Å². The molecule has 1 atom stereocenters. The summed E-state index contributed by atoms with van der Waals surface area (Å²) in [6.45, 7) is 12.8. The van der Waals surface area contributed by atoms with Gasteiger partial charge in [-0.05, 0) is 52.1 Å². The van der Waals surface area contributed by atoms with Crippen LogP contribution < -0.4 is 5.32 Å². The van der Waals surface area contributed by atoms with Gasteiger partial charge in [0, 0.05) is 18.6 Å². The minimum atomic E-state index is 0.673. The van der Waals surface area contributed by atoms with Crippen LogP contribution in [0.4, 0.5) is 0 Å². The summed E-state index contributed by atoms with van der Waals surface area (Å²) in [6, 6.07) is 1.40. The fourth-order valence-corrected chi connectivity index (χ4v) is 3.03. The largest absolute Gasteiger partial charge is 0.312 e. The van der Waals surface area contributed by atoms with Crippen LogP contribution in [0.3, 0.4) is 0 Å². The van der Waals surface area contributed by atoms with Crippen LogP contribution in [0.15, 0.2) is 0 Å². The highest BCUT2D eigenvalue weighted by atomic mass is 15.2. The second-order valence-corrected chi connectivity index (χ2v) is 5.79. The molecule has 0 spiro atoms. The van der Waals surface area contributed by atoms with E-state index in [0.717, 1.165) is 12.0 Å². The van der Waals surface area contributed by atoms with Crippen LogP contribution in [0.25, 0.3) is 0 Å². The molecule has 1 rings (SSSR count). The van der Waals surface area contributed by atoms with E-state index in [4.69, 9.17) is 0 Å². The first kappa shape index (κ1) is 15.0. The van der Waals surface area contributed by atoms with Gasteiger partial charge in [0.1, 0.15) is 0 Å². The zero-order chi connectivity index (χ0) is 12.7. The Hall–Kier alpha value is -0.0800. The van der Waals surface area contributed by atoms with E-state index in [-0.39, 0.29) is 0 Å². The summed E-state index contributed by atoms with van der Waals surface area (Å²) in [5, 5.41) is 3.79. The van der Waals surface area contributed by atoms with Crippen LogP contribution in [0.2, 0.25) is 0 Å². The molecule has 0 aliphatic heterocycles. The number of hydrogen-bond acceptors (Lipinski definition) is 2. The van der Waals surface area contributed by atoms with Gasteiger partial charge < -0.3 is 5.32 Å². The lowest BCUT2D eigenvalue weighted by atomic mass is 9.97. The van der Waals surface area contributed by atoms with Crippen molar-refractivity contribution in [3.8, 4) is 0 Å². The fourth-order valence-electron chi connectivity index (χ4n) is 3.03. The van der Waals surface area contributed by atoms with E-state index in [1.54, 1.807) is 0 Å². The molecule has 0 bridgehead atoms. The topological polar surface area (TPSA) is 15.3 Å². The summed E-state index contributed by atoms with van der Waals surface area (Å²) in [5.74, 6) is 0.925. The molecule has 1 unspecified atom stereocenters. The summed E-state index contributed by atoms with van der Waals surface area (Å²) < 4.78 is 0. The molecule has 1 aliphatic carbocycles. The van der Waals surface area contributed by atoms with Crippen molar-refractivity contribution in [1.82, 2.24) is 10.2 Å². The molecule has 0 amide bonds. The molecule has 0 radical (unpaired) electrons. The number of nitrogens with zero attached hydrogens (tertiary/aromatic N) is 1. The van der Waals surface area contributed by atoms with E-state index >= 15 is 0 Å². The SMILES string of the molecule is CCCNC(CN(CC)C(C)C)C1CCCC1. The third kappa shape index (κ3) is 4.97. The Morgan fingerprint density at radius 3 is 2.29 bits per heavy atom. The third-order valence-corrected chi connectivity index (χ3v) is 4.19. The van der Waals surface area contributed by atoms with Crippen molar-refractivity contribution in [3.05, 3.63) is 0 Å². The van der Waals surface area contributed by atoms with Crippen LogP contribution in [0, 0.1) is 5.92 Å². The molecule has 2 nitrogen and oxygen atoms in total. The number of nitrogens with one attached hydrogen (secondary N) is 1. The van der Waals surface area contributed by atoms with Gasteiger partial charge in [-0.3, -0.25) is 4.90 Å². The summed E-state index contributed by atoms with van der Waals surface area (Å²) in [4.78, 5) is 2.60. The molecule has 0 aromatic rings. The quantitative estimate of drug-likeness (QED) is 0.700. The van der Waals surface area contributed by atoms with Crippen molar-refractivity contribution in [2.75, 3.05) is 19.6 Å². The van der Waals surface area contributed by atoms with Crippen LogP contribution in [-0.4, -0.2) is 36.6 Å². The van der Waals surface area contributed by atoms with E-state index in [0.29, 0.717) is 6.04 Å². The molecule has 17 heavy (non-hydrogen) atoms. The molecular weight excluding hydrogens is 208 g/mol. The Morgan fingerprint density at radius 1 is 1.18 bits per heavy atom. The average Bonchev–Trinajstić information content (AvgIpc) is 2.82. The first-order valence-corrected chi connectivity index (χ1v) is 7.66. The molecule has 0 saturated heterocycles. The van der Waals surface area contributed by atoms with E-state index in [9.17, 15) is 0 Å². The molecule has 1 fully saturated rings. The van der Waals surface area contributed by atoms with Gasteiger partial charge in [-0.15, -0.1) is 0 Å². The van der Waals surface area contributed by atoms with Gasteiger partial charge in [-0.25, -0.2) is 0 Å². The van der Waals surface area contributed by atoms with Gasteiger partial charge >= 0.3 is 0 Å². The van der Waals surface area contributed by atoms with Crippen molar-refractivity contribution >= 4 is 0 Å². The Balaban J connectivity index is 2.48. The molecule has 0 heterocycles. The second-order valence-electron chi connectivity index (χ2n) is 5.79. The summed E-state index contributed by atoms with van der Waals surface area (Å²) in [5.41, 5.74) is 0. The van der Waals surface area contributed by atoms with Gasteiger partial charge in [0.15, 0.2) is 0 Å². The lowest BCUT2D eigenvalue weighted by Gasteiger charge is -2.33. The van der Waals surface area contributed by atoms with E-state index < -0.39 is 0 Å². The summed E-state index contributed by atoms with van der Waals surface area (Å²) in [6.07, 6.45) is 7.02. The molecule has 0 aromatic heterocycles. The van der Waals surface area contributed by atoms with Crippen molar-refractivity contribution in [1.29, 1.82) is 0 Å². The van der Waals surface area contributed by atoms with Gasteiger partial charge in [-0.2, -0.15) is 0 Å². The zero-order valence-electron chi connectivity index (χ0n) is 12.3. The molecule has 2 heteroatoms. The van der Waals surface area contributed by atoms with Gasteiger partial charge in [-0.1, -0.05) is 26.7 Å². The highest BCUT2D eigenvalue weighted by Crippen LogP contribution is 2.28. The lowest BCUT2D eigenvalue weighted by molar-refractivity contribution is 0.181. The standard InChI is InChI=1S/C15H32N2/c1-5-11-16-15(14-9-7-8-10-14)12-17(6-2)13(3)4/h13-16H,5-12H2,1-4H3. The van der Waals surface area contributed by atoms with Gasteiger partial charge in [0.05, 0.1) is 0 Å². The first-order valence-electron chi connectivity index (χ1n) is 7.66. The maximum atomic E-state index is 3.79. The minimum Gasteiger partial charge on any atom is -0.312 e. The number of likely N-dealkylation sites (N-methyl/N-ethyl adjacent to an activating group) is 1. The van der Waals surface area contributed by atoms with Crippen LogP contribution in [0.5, 0.6) is 0 Å². The Kier molecular flexibility index (Phi) is 7.14. The van der Waals surface area contributed by atoms with Crippen LogP contribution in [-0.2, 0) is 0 Å². The Morgan fingerprint density at radius 2 is 1.82 bits per heavy atom. The molecule has 0 aromatic carbocycles. The second kappa shape index (κ2) is 8.10. The number of hydrogen-bond donors (Lipinski definition) is 1. The van der Waals surface area contributed by atoms with Crippen molar-refractivity contribution in [2.24, 2.45) is 5.92 Å². The molecular formula is C15H32N2. The van der Waals surface area contributed by atoms with E-state index in [1.807, 2.05) is 0 Å². The van der Waals surface area contributed by atoms with E-state index in [1.165, 1.54) is 51.7 Å². The molecule has 102 valence electrons. The maximum absolute atomic E-state index is 3.79. The van der Waals surface area contributed by atoms with Crippen molar-refractivity contribution in [2.45, 2.75) is 71.9 Å². The van der Waals surface area contributed by atoms with Gasteiger partial charge in [0.2, 0.25) is 0 Å². The van der Waals surface area contributed by atoms with Crippen LogP contribution >= 0.6 is 0 Å². The number of rotatable bonds is 8. The highest BCUT2D eigenvalue weighted by Gasteiger charge is 2.26. The summed E-state index contributed by atoms with van der Waals surface area (Å²) >= 11 is 0. The average molecular weight is 240 g/mol. The zero-order valence-corrected chi connectivity index (χ0v) is 12.3. The van der Waals surface area contributed by atoms with Crippen molar-refractivity contribution in [3.63, 3.8) is 0 Å². The molecule has 1 saturated carbocycles. The predicted octanol–water partition coefficient (Wildman–Crippen LogP) is 3.28. The minimum absolute atomic E-state index is 0.673.